The minimum atomic E-state index is -0.0747. The summed E-state index contributed by atoms with van der Waals surface area (Å²) < 4.78 is 0. The second kappa shape index (κ2) is 3.18. The molecule has 1 unspecified atom stereocenters. The van der Waals surface area contributed by atoms with Gasteiger partial charge in [0.05, 0.1) is 0 Å². The normalized spacial score (nSPS) is 18.0. The molecule has 0 saturated carbocycles. The molecule has 0 radical (unpaired) electrons. The van der Waals surface area contributed by atoms with Gasteiger partial charge in [0.15, 0.2) is 0 Å². The second-order valence-electron chi connectivity index (χ2n) is 3.20. The van der Waals surface area contributed by atoms with Crippen LogP contribution in [0.3, 0.4) is 0 Å². The summed E-state index contributed by atoms with van der Waals surface area (Å²) in [6.45, 7) is 6.97. The highest BCUT2D eigenvalue weighted by atomic mass is 14.7. The minimum absolute atomic E-state index is 0.0747. The van der Waals surface area contributed by atoms with Crippen molar-refractivity contribution in [3.8, 4) is 0 Å². The first kappa shape index (κ1) is 8.92. The van der Waals surface area contributed by atoms with Gasteiger partial charge in [-0.3, -0.25) is 0 Å². The van der Waals surface area contributed by atoms with E-state index in [-0.39, 0.29) is 5.54 Å². The van der Waals surface area contributed by atoms with Crippen molar-refractivity contribution in [2.75, 3.05) is 6.54 Å². The van der Waals surface area contributed by atoms with Crippen molar-refractivity contribution < 1.29 is 0 Å². The highest BCUT2D eigenvalue weighted by Gasteiger charge is 2.20. The lowest BCUT2D eigenvalue weighted by Gasteiger charge is -2.28. The van der Waals surface area contributed by atoms with Crippen LogP contribution in [-0.4, -0.2) is 12.1 Å². The Morgan fingerprint density at radius 2 is 1.89 bits per heavy atom. The summed E-state index contributed by atoms with van der Waals surface area (Å²) in [5.74, 6) is 0.515. The van der Waals surface area contributed by atoms with Crippen LogP contribution in [0.4, 0.5) is 0 Å². The first-order valence-corrected chi connectivity index (χ1v) is 3.49. The van der Waals surface area contributed by atoms with Gasteiger partial charge in [0.2, 0.25) is 0 Å². The van der Waals surface area contributed by atoms with Crippen LogP contribution in [0.2, 0.25) is 0 Å². The summed E-state index contributed by atoms with van der Waals surface area (Å²) in [5, 5.41) is 0. The topological polar surface area (TPSA) is 52.0 Å². The molecule has 0 rings (SSSR count). The molecule has 0 aliphatic rings. The van der Waals surface area contributed by atoms with E-state index in [0.29, 0.717) is 12.5 Å². The maximum absolute atomic E-state index is 5.89. The zero-order chi connectivity index (χ0) is 7.49. The number of nitrogens with two attached hydrogens (primary N) is 2. The fourth-order valence-corrected chi connectivity index (χ4v) is 0.600. The van der Waals surface area contributed by atoms with Gasteiger partial charge in [-0.1, -0.05) is 13.8 Å². The van der Waals surface area contributed by atoms with Crippen molar-refractivity contribution in [2.45, 2.75) is 32.7 Å². The fourth-order valence-electron chi connectivity index (χ4n) is 0.600. The molecule has 56 valence electrons. The van der Waals surface area contributed by atoms with Gasteiger partial charge in [0, 0.05) is 5.54 Å². The zero-order valence-corrected chi connectivity index (χ0v) is 6.65. The van der Waals surface area contributed by atoms with Crippen LogP contribution >= 0.6 is 0 Å². The van der Waals surface area contributed by atoms with E-state index in [1.165, 1.54) is 0 Å². The number of hydrogen-bond acceptors (Lipinski definition) is 2. The van der Waals surface area contributed by atoms with Crippen molar-refractivity contribution in [3.05, 3.63) is 0 Å². The van der Waals surface area contributed by atoms with E-state index in [1.807, 2.05) is 6.92 Å². The molecule has 0 aromatic heterocycles. The summed E-state index contributed by atoms with van der Waals surface area (Å²) >= 11 is 0. The van der Waals surface area contributed by atoms with E-state index in [4.69, 9.17) is 11.5 Å². The Morgan fingerprint density at radius 3 is 2.00 bits per heavy atom. The van der Waals surface area contributed by atoms with Crippen molar-refractivity contribution in [2.24, 2.45) is 17.4 Å². The summed E-state index contributed by atoms with van der Waals surface area (Å²) in [6.07, 6.45) is 0.907. The summed E-state index contributed by atoms with van der Waals surface area (Å²) in [4.78, 5) is 0. The van der Waals surface area contributed by atoms with Crippen LogP contribution in [0.25, 0.3) is 0 Å². The lowest BCUT2D eigenvalue weighted by molar-refractivity contribution is 0.322. The molecular weight excluding hydrogens is 112 g/mol. The van der Waals surface area contributed by atoms with Gasteiger partial charge in [-0.25, -0.2) is 0 Å². The maximum atomic E-state index is 5.89. The van der Waals surface area contributed by atoms with Gasteiger partial charge < -0.3 is 11.5 Å². The monoisotopic (exact) mass is 130 g/mol. The Morgan fingerprint density at radius 1 is 1.44 bits per heavy atom. The van der Waals surface area contributed by atoms with E-state index >= 15 is 0 Å². The SMILES string of the molecule is CC(C)C(C)(N)CCN. The Bertz CT molecular complexity index is 77.0. The van der Waals surface area contributed by atoms with Crippen LogP contribution in [-0.2, 0) is 0 Å². The van der Waals surface area contributed by atoms with E-state index in [9.17, 15) is 0 Å². The van der Waals surface area contributed by atoms with Crippen molar-refractivity contribution in [1.29, 1.82) is 0 Å². The fraction of sp³-hybridized carbons (Fsp3) is 1.00. The molecule has 0 aliphatic heterocycles. The Hall–Kier alpha value is -0.0800. The van der Waals surface area contributed by atoms with E-state index < -0.39 is 0 Å². The van der Waals surface area contributed by atoms with Gasteiger partial charge in [0.25, 0.3) is 0 Å². The summed E-state index contributed by atoms with van der Waals surface area (Å²) in [5.41, 5.74) is 11.2. The Kier molecular flexibility index (Phi) is 3.15. The molecule has 0 spiro atoms. The molecule has 0 aromatic carbocycles. The predicted octanol–water partition coefficient (Wildman–Crippen LogP) is 0.709. The highest BCUT2D eigenvalue weighted by molar-refractivity contribution is 4.81. The Labute approximate surface area is 57.6 Å². The molecule has 4 N–H and O–H groups in total. The standard InChI is InChI=1S/C7H18N2/c1-6(2)7(3,9)4-5-8/h6H,4-5,8-9H2,1-3H3. The average Bonchev–Trinajstić information content (AvgIpc) is 1.65. The molecule has 0 aliphatic carbocycles. The van der Waals surface area contributed by atoms with Gasteiger partial charge in [0.1, 0.15) is 0 Å². The number of hydrogen-bond donors (Lipinski definition) is 2. The smallest absolute Gasteiger partial charge is 0.0161 e. The van der Waals surface area contributed by atoms with Crippen LogP contribution in [0.15, 0.2) is 0 Å². The van der Waals surface area contributed by atoms with E-state index in [0.717, 1.165) is 6.42 Å². The maximum Gasteiger partial charge on any atom is 0.0161 e. The van der Waals surface area contributed by atoms with Crippen LogP contribution in [0, 0.1) is 5.92 Å². The second-order valence-corrected chi connectivity index (χ2v) is 3.20. The lowest BCUT2D eigenvalue weighted by atomic mass is 9.87. The minimum Gasteiger partial charge on any atom is -0.330 e. The third kappa shape index (κ3) is 2.82. The molecule has 2 heteroatoms. The average molecular weight is 130 g/mol. The molecule has 0 saturated heterocycles. The van der Waals surface area contributed by atoms with Gasteiger partial charge >= 0.3 is 0 Å². The summed E-state index contributed by atoms with van der Waals surface area (Å²) in [6, 6.07) is 0. The largest absolute Gasteiger partial charge is 0.330 e. The molecular formula is C7H18N2. The van der Waals surface area contributed by atoms with Crippen molar-refractivity contribution in [3.63, 3.8) is 0 Å². The van der Waals surface area contributed by atoms with Gasteiger partial charge in [-0.2, -0.15) is 0 Å². The molecule has 9 heavy (non-hydrogen) atoms. The third-order valence-corrected chi connectivity index (χ3v) is 2.00. The molecule has 1 atom stereocenters. The zero-order valence-electron chi connectivity index (χ0n) is 6.65. The third-order valence-electron chi connectivity index (χ3n) is 2.00. The van der Waals surface area contributed by atoms with Crippen LogP contribution < -0.4 is 11.5 Å². The first-order chi connectivity index (χ1) is 4.00. The first-order valence-electron chi connectivity index (χ1n) is 3.49. The van der Waals surface area contributed by atoms with Crippen LogP contribution in [0.5, 0.6) is 0 Å². The van der Waals surface area contributed by atoms with E-state index in [2.05, 4.69) is 13.8 Å². The molecule has 0 aromatic rings. The quantitative estimate of drug-likeness (QED) is 0.591. The Balaban J connectivity index is 3.70. The molecule has 0 bridgehead atoms. The molecule has 0 heterocycles. The summed E-state index contributed by atoms with van der Waals surface area (Å²) in [7, 11) is 0. The van der Waals surface area contributed by atoms with Crippen LogP contribution in [0.1, 0.15) is 27.2 Å². The molecule has 2 nitrogen and oxygen atoms in total. The number of rotatable bonds is 3. The van der Waals surface area contributed by atoms with Crippen molar-refractivity contribution >= 4 is 0 Å². The van der Waals surface area contributed by atoms with E-state index in [1.54, 1.807) is 0 Å². The van der Waals surface area contributed by atoms with Gasteiger partial charge in [-0.05, 0) is 25.8 Å². The molecule has 0 fully saturated rings. The van der Waals surface area contributed by atoms with Crippen molar-refractivity contribution in [1.82, 2.24) is 0 Å². The van der Waals surface area contributed by atoms with Gasteiger partial charge in [-0.15, -0.1) is 0 Å². The molecule has 0 amide bonds. The predicted molar refractivity (Wildman–Crippen MR) is 41.1 cm³/mol. The lowest BCUT2D eigenvalue weighted by Crippen LogP contribution is -2.43. The highest BCUT2D eigenvalue weighted by Crippen LogP contribution is 2.15.